The van der Waals surface area contributed by atoms with E-state index in [4.69, 9.17) is 0 Å². The van der Waals surface area contributed by atoms with Crippen LogP contribution in [0.2, 0.25) is 0 Å². The Morgan fingerprint density at radius 2 is 2.00 bits per heavy atom. The average molecular weight is 263 g/mol. The Morgan fingerprint density at radius 3 is 2.46 bits per heavy atom. The van der Waals surface area contributed by atoms with Crippen LogP contribution in [0, 0.1) is 6.92 Å². The van der Waals surface area contributed by atoms with Gasteiger partial charge in [0.25, 0.3) is 0 Å². The quantitative estimate of drug-likeness (QED) is 0.820. The minimum Gasteiger partial charge on any atom is -0.229 e. The number of aryl methyl sites for hydroxylation is 1. The van der Waals surface area contributed by atoms with Crippen molar-refractivity contribution in [3.63, 3.8) is 0 Å². The van der Waals surface area contributed by atoms with Gasteiger partial charge in [0.1, 0.15) is 0 Å². The van der Waals surface area contributed by atoms with E-state index in [2.05, 4.69) is 15.9 Å². The maximum absolute atomic E-state index is 11.0. The SMILES string of the molecule is Cc1cc(CS(C)(=O)=O)ccc1Br. The second-order valence-electron chi connectivity index (χ2n) is 3.15. The fourth-order valence-corrected chi connectivity index (χ4v) is 2.13. The summed E-state index contributed by atoms with van der Waals surface area (Å²) in [5.74, 6) is 0.112. The standard InChI is InChI=1S/C9H11BrO2S/c1-7-5-8(3-4-9(7)10)6-13(2,11)12/h3-5H,6H2,1-2H3. The molecule has 0 amide bonds. The minimum atomic E-state index is -2.92. The maximum Gasteiger partial charge on any atom is 0.151 e. The van der Waals surface area contributed by atoms with Gasteiger partial charge in [0.15, 0.2) is 9.84 Å². The first-order valence-corrected chi connectivity index (χ1v) is 6.66. The Balaban J connectivity index is 2.99. The van der Waals surface area contributed by atoms with Crippen molar-refractivity contribution in [3.05, 3.63) is 33.8 Å². The summed E-state index contributed by atoms with van der Waals surface area (Å²) in [6, 6.07) is 5.57. The van der Waals surface area contributed by atoms with Crippen molar-refractivity contribution in [2.24, 2.45) is 0 Å². The number of hydrogen-bond donors (Lipinski definition) is 0. The molecule has 0 saturated carbocycles. The molecule has 0 N–H and O–H groups in total. The van der Waals surface area contributed by atoms with E-state index in [1.807, 2.05) is 25.1 Å². The largest absolute Gasteiger partial charge is 0.229 e. The number of benzene rings is 1. The summed E-state index contributed by atoms with van der Waals surface area (Å²) in [5, 5.41) is 0. The first-order chi connectivity index (χ1) is 5.88. The van der Waals surface area contributed by atoms with Crippen LogP contribution in [0.3, 0.4) is 0 Å². The highest BCUT2D eigenvalue weighted by Crippen LogP contribution is 2.18. The summed E-state index contributed by atoms with van der Waals surface area (Å²) in [7, 11) is -2.92. The van der Waals surface area contributed by atoms with Gasteiger partial charge in [0, 0.05) is 10.7 Å². The molecule has 0 unspecified atom stereocenters. The fourth-order valence-electron chi connectivity index (χ4n) is 1.10. The van der Waals surface area contributed by atoms with E-state index in [0.717, 1.165) is 15.6 Å². The zero-order valence-electron chi connectivity index (χ0n) is 7.54. The van der Waals surface area contributed by atoms with Gasteiger partial charge in [0.05, 0.1) is 5.75 Å². The van der Waals surface area contributed by atoms with E-state index in [-0.39, 0.29) is 5.75 Å². The number of hydrogen-bond acceptors (Lipinski definition) is 2. The summed E-state index contributed by atoms with van der Waals surface area (Å²) >= 11 is 3.36. The summed E-state index contributed by atoms with van der Waals surface area (Å²) in [4.78, 5) is 0. The predicted molar refractivity (Wildman–Crippen MR) is 57.4 cm³/mol. The summed E-state index contributed by atoms with van der Waals surface area (Å²) in [6.45, 7) is 1.94. The first-order valence-electron chi connectivity index (χ1n) is 3.81. The highest BCUT2D eigenvalue weighted by atomic mass is 79.9. The summed E-state index contributed by atoms with van der Waals surface area (Å²) in [6.07, 6.45) is 1.24. The number of rotatable bonds is 2. The molecule has 0 bridgehead atoms. The monoisotopic (exact) mass is 262 g/mol. The molecule has 0 fully saturated rings. The Bertz CT molecular complexity index is 410. The smallest absolute Gasteiger partial charge is 0.151 e. The predicted octanol–water partition coefficient (Wildman–Crippen LogP) is 2.30. The van der Waals surface area contributed by atoms with Crippen molar-refractivity contribution in [2.75, 3.05) is 6.26 Å². The van der Waals surface area contributed by atoms with Crippen LogP contribution in [-0.2, 0) is 15.6 Å². The molecule has 2 nitrogen and oxygen atoms in total. The van der Waals surface area contributed by atoms with Crippen LogP contribution in [-0.4, -0.2) is 14.7 Å². The van der Waals surface area contributed by atoms with E-state index in [1.165, 1.54) is 6.26 Å². The van der Waals surface area contributed by atoms with Gasteiger partial charge in [-0.1, -0.05) is 28.1 Å². The minimum absolute atomic E-state index is 0.112. The van der Waals surface area contributed by atoms with E-state index in [9.17, 15) is 8.42 Å². The van der Waals surface area contributed by atoms with Gasteiger partial charge in [-0.3, -0.25) is 0 Å². The lowest BCUT2D eigenvalue weighted by Crippen LogP contribution is -2.00. The lowest BCUT2D eigenvalue weighted by atomic mass is 10.2. The third kappa shape index (κ3) is 3.48. The van der Waals surface area contributed by atoms with Crippen LogP contribution in [0.15, 0.2) is 22.7 Å². The van der Waals surface area contributed by atoms with Crippen LogP contribution in [0.1, 0.15) is 11.1 Å². The molecular formula is C9H11BrO2S. The van der Waals surface area contributed by atoms with E-state index in [1.54, 1.807) is 0 Å². The molecule has 0 spiro atoms. The molecule has 0 aliphatic carbocycles. The lowest BCUT2D eigenvalue weighted by molar-refractivity contribution is 0.601. The number of sulfone groups is 1. The van der Waals surface area contributed by atoms with Gasteiger partial charge >= 0.3 is 0 Å². The topological polar surface area (TPSA) is 34.1 Å². The second kappa shape index (κ2) is 3.80. The zero-order valence-corrected chi connectivity index (χ0v) is 9.94. The molecule has 0 radical (unpaired) electrons. The molecular weight excluding hydrogens is 252 g/mol. The van der Waals surface area contributed by atoms with Crippen LogP contribution in [0.25, 0.3) is 0 Å². The van der Waals surface area contributed by atoms with Crippen molar-refractivity contribution in [1.29, 1.82) is 0 Å². The van der Waals surface area contributed by atoms with Gasteiger partial charge in [-0.05, 0) is 24.1 Å². The molecule has 1 rings (SSSR count). The van der Waals surface area contributed by atoms with Gasteiger partial charge < -0.3 is 0 Å². The molecule has 72 valence electrons. The second-order valence-corrected chi connectivity index (χ2v) is 6.15. The van der Waals surface area contributed by atoms with Crippen LogP contribution in [0.5, 0.6) is 0 Å². The molecule has 0 heterocycles. The number of halogens is 1. The molecule has 0 aromatic heterocycles. The molecule has 1 aromatic carbocycles. The van der Waals surface area contributed by atoms with E-state index < -0.39 is 9.84 Å². The fraction of sp³-hybridized carbons (Fsp3) is 0.333. The molecule has 0 aliphatic rings. The lowest BCUT2D eigenvalue weighted by Gasteiger charge is -2.02. The van der Waals surface area contributed by atoms with Crippen molar-refractivity contribution in [2.45, 2.75) is 12.7 Å². The molecule has 13 heavy (non-hydrogen) atoms. The molecule has 0 aliphatic heterocycles. The van der Waals surface area contributed by atoms with Crippen molar-refractivity contribution < 1.29 is 8.42 Å². The van der Waals surface area contributed by atoms with Crippen molar-refractivity contribution in [1.82, 2.24) is 0 Å². The van der Waals surface area contributed by atoms with E-state index >= 15 is 0 Å². The van der Waals surface area contributed by atoms with Gasteiger partial charge in [-0.2, -0.15) is 0 Å². The normalized spacial score (nSPS) is 11.6. The maximum atomic E-state index is 11.0. The van der Waals surface area contributed by atoms with Crippen LogP contribution < -0.4 is 0 Å². The van der Waals surface area contributed by atoms with Gasteiger partial charge in [-0.25, -0.2) is 8.42 Å². The zero-order chi connectivity index (χ0) is 10.1. The van der Waals surface area contributed by atoms with Crippen molar-refractivity contribution in [3.8, 4) is 0 Å². The Morgan fingerprint density at radius 1 is 1.38 bits per heavy atom. The van der Waals surface area contributed by atoms with E-state index in [0.29, 0.717) is 0 Å². The summed E-state index contributed by atoms with van der Waals surface area (Å²) in [5.41, 5.74) is 1.89. The Hall–Kier alpha value is -0.350. The molecule has 0 saturated heterocycles. The third-order valence-electron chi connectivity index (χ3n) is 1.65. The highest BCUT2D eigenvalue weighted by Gasteiger charge is 2.05. The summed E-state index contributed by atoms with van der Waals surface area (Å²) < 4.78 is 23.0. The molecule has 1 aromatic rings. The third-order valence-corrected chi connectivity index (χ3v) is 3.40. The Labute approximate surface area is 87.0 Å². The average Bonchev–Trinajstić information content (AvgIpc) is 1.94. The Kier molecular flexibility index (Phi) is 3.14. The van der Waals surface area contributed by atoms with Gasteiger partial charge in [0.2, 0.25) is 0 Å². The van der Waals surface area contributed by atoms with Gasteiger partial charge in [-0.15, -0.1) is 0 Å². The first kappa shape index (κ1) is 10.7. The van der Waals surface area contributed by atoms with Crippen LogP contribution in [0.4, 0.5) is 0 Å². The van der Waals surface area contributed by atoms with Crippen molar-refractivity contribution >= 4 is 25.8 Å². The molecule has 4 heteroatoms. The van der Waals surface area contributed by atoms with Crippen LogP contribution >= 0.6 is 15.9 Å². The highest BCUT2D eigenvalue weighted by molar-refractivity contribution is 9.10. The molecule has 0 atom stereocenters.